The normalized spacial score (nSPS) is 21.8. The summed E-state index contributed by atoms with van der Waals surface area (Å²) in [6.07, 6.45) is 1.64. The molecule has 24 heavy (non-hydrogen) atoms. The molecule has 1 aromatic carbocycles. The molecule has 1 aromatic rings. The van der Waals surface area contributed by atoms with E-state index < -0.39 is 0 Å². The van der Waals surface area contributed by atoms with Crippen LogP contribution in [0, 0.1) is 0 Å². The van der Waals surface area contributed by atoms with Crippen LogP contribution >= 0.6 is 0 Å². The maximum atomic E-state index is 12.8. The Morgan fingerprint density at radius 3 is 2.46 bits per heavy atom. The number of amides is 3. The average molecular weight is 330 g/mol. The van der Waals surface area contributed by atoms with Gasteiger partial charge < -0.3 is 20.0 Å². The van der Waals surface area contributed by atoms with Gasteiger partial charge >= 0.3 is 6.03 Å². The quantitative estimate of drug-likeness (QED) is 0.920. The molecule has 6 nitrogen and oxygen atoms in total. The van der Waals surface area contributed by atoms with Crippen molar-refractivity contribution in [3.63, 3.8) is 0 Å². The van der Waals surface area contributed by atoms with Gasteiger partial charge in [0.05, 0.1) is 0 Å². The molecule has 1 atom stereocenters. The lowest BCUT2D eigenvalue weighted by atomic mass is 10.1. The molecule has 0 aromatic heterocycles. The fraction of sp³-hybridized carbons (Fsp3) is 0.556. The van der Waals surface area contributed by atoms with Crippen molar-refractivity contribution in [2.24, 2.45) is 0 Å². The minimum absolute atomic E-state index is 0.103. The molecule has 1 N–H and O–H groups in total. The lowest BCUT2D eigenvalue weighted by Gasteiger charge is -2.36. The number of para-hydroxylation sites is 1. The SMILES string of the molecule is CCN1CCN(C(=O)[C@H]2CCCN2C(=O)Nc2ccccc2)CC1. The van der Waals surface area contributed by atoms with Crippen LogP contribution in [0.1, 0.15) is 19.8 Å². The summed E-state index contributed by atoms with van der Waals surface area (Å²) >= 11 is 0. The molecule has 0 radical (unpaired) electrons. The number of carbonyl (C=O) groups excluding carboxylic acids is 2. The molecule has 0 aliphatic carbocycles. The highest BCUT2D eigenvalue weighted by Crippen LogP contribution is 2.21. The first-order valence-electron chi connectivity index (χ1n) is 8.83. The molecule has 0 spiro atoms. The molecule has 2 fully saturated rings. The number of hydrogen-bond donors (Lipinski definition) is 1. The fourth-order valence-electron chi connectivity index (χ4n) is 3.48. The minimum Gasteiger partial charge on any atom is -0.338 e. The van der Waals surface area contributed by atoms with Gasteiger partial charge in [-0.15, -0.1) is 0 Å². The van der Waals surface area contributed by atoms with E-state index in [0.29, 0.717) is 6.54 Å². The van der Waals surface area contributed by atoms with Crippen LogP contribution in [0.2, 0.25) is 0 Å². The van der Waals surface area contributed by atoms with Crippen LogP contribution in [0.3, 0.4) is 0 Å². The van der Waals surface area contributed by atoms with E-state index in [2.05, 4.69) is 17.1 Å². The van der Waals surface area contributed by atoms with Gasteiger partial charge in [0.2, 0.25) is 5.91 Å². The predicted octanol–water partition coefficient (Wildman–Crippen LogP) is 1.85. The Balaban J connectivity index is 1.60. The Bertz CT molecular complexity index is 570. The number of benzene rings is 1. The van der Waals surface area contributed by atoms with E-state index in [1.807, 2.05) is 35.2 Å². The first kappa shape index (κ1) is 16.8. The molecular formula is C18H26N4O2. The maximum absolute atomic E-state index is 12.8. The Morgan fingerprint density at radius 1 is 1.08 bits per heavy atom. The highest BCUT2D eigenvalue weighted by atomic mass is 16.2. The van der Waals surface area contributed by atoms with E-state index in [1.54, 1.807) is 4.90 Å². The second-order valence-electron chi connectivity index (χ2n) is 6.41. The van der Waals surface area contributed by atoms with E-state index in [1.165, 1.54) is 0 Å². The minimum atomic E-state index is -0.318. The zero-order valence-electron chi connectivity index (χ0n) is 14.3. The summed E-state index contributed by atoms with van der Waals surface area (Å²) in [7, 11) is 0. The number of anilines is 1. The number of urea groups is 1. The fourth-order valence-corrected chi connectivity index (χ4v) is 3.48. The van der Waals surface area contributed by atoms with Crippen molar-refractivity contribution in [3.8, 4) is 0 Å². The molecule has 2 aliphatic rings. The highest BCUT2D eigenvalue weighted by Gasteiger charge is 2.37. The number of hydrogen-bond acceptors (Lipinski definition) is 3. The molecule has 0 bridgehead atoms. The van der Waals surface area contributed by atoms with Gasteiger partial charge in [-0.2, -0.15) is 0 Å². The standard InChI is InChI=1S/C18H26N4O2/c1-2-20-11-13-21(14-12-20)17(23)16-9-6-10-22(16)18(24)19-15-7-4-3-5-8-15/h3-5,7-8,16H,2,6,9-14H2,1H3,(H,19,24)/t16-/m1/s1. The van der Waals surface area contributed by atoms with Gasteiger partial charge in [0, 0.05) is 38.4 Å². The second-order valence-corrected chi connectivity index (χ2v) is 6.41. The average Bonchev–Trinajstić information content (AvgIpc) is 3.12. The third-order valence-electron chi connectivity index (χ3n) is 4.95. The van der Waals surface area contributed by atoms with Crippen LogP contribution in [0.4, 0.5) is 10.5 Å². The number of likely N-dealkylation sites (tertiary alicyclic amines) is 1. The predicted molar refractivity (Wildman–Crippen MR) is 93.9 cm³/mol. The summed E-state index contributed by atoms with van der Waals surface area (Å²) in [5.74, 6) is 0.103. The van der Waals surface area contributed by atoms with E-state index in [4.69, 9.17) is 0 Å². The molecule has 0 saturated carbocycles. The molecule has 2 heterocycles. The van der Waals surface area contributed by atoms with Crippen LogP contribution < -0.4 is 5.32 Å². The third-order valence-corrected chi connectivity index (χ3v) is 4.95. The van der Waals surface area contributed by atoms with E-state index in [9.17, 15) is 9.59 Å². The number of nitrogens with zero attached hydrogens (tertiary/aromatic N) is 3. The molecular weight excluding hydrogens is 304 g/mol. The summed E-state index contributed by atoms with van der Waals surface area (Å²) in [4.78, 5) is 31.4. The van der Waals surface area contributed by atoms with Crippen LogP contribution in [0.15, 0.2) is 30.3 Å². The second kappa shape index (κ2) is 7.66. The van der Waals surface area contributed by atoms with Crippen molar-refractivity contribution < 1.29 is 9.59 Å². The third kappa shape index (κ3) is 3.70. The van der Waals surface area contributed by atoms with Crippen LogP contribution in [-0.2, 0) is 4.79 Å². The maximum Gasteiger partial charge on any atom is 0.322 e. The highest BCUT2D eigenvalue weighted by molar-refractivity contribution is 5.94. The van der Waals surface area contributed by atoms with Gasteiger partial charge in [0.25, 0.3) is 0 Å². The van der Waals surface area contributed by atoms with Gasteiger partial charge in [0.1, 0.15) is 6.04 Å². The lowest BCUT2D eigenvalue weighted by Crippen LogP contribution is -2.54. The summed E-state index contributed by atoms with van der Waals surface area (Å²) < 4.78 is 0. The number of rotatable bonds is 3. The van der Waals surface area contributed by atoms with Crippen molar-refractivity contribution >= 4 is 17.6 Å². The smallest absolute Gasteiger partial charge is 0.322 e. The number of carbonyl (C=O) groups is 2. The Labute approximate surface area is 143 Å². The van der Waals surface area contributed by atoms with Crippen molar-refractivity contribution in [2.75, 3.05) is 44.6 Å². The molecule has 0 unspecified atom stereocenters. The van der Waals surface area contributed by atoms with Gasteiger partial charge in [-0.3, -0.25) is 4.79 Å². The first-order valence-corrected chi connectivity index (χ1v) is 8.83. The zero-order chi connectivity index (χ0) is 16.9. The van der Waals surface area contributed by atoms with E-state index in [0.717, 1.165) is 51.3 Å². The molecule has 6 heteroatoms. The Morgan fingerprint density at radius 2 is 1.79 bits per heavy atom. The van der Waals surface area contributed by atoms with Crippen LogP contribution in [0.25, 0.3) is 0 Å². The van der Waals surface area contributed by atoms with Gasteiger partial charge in [-0.1, -0.05) is 25.1 Å². The molecule has 2 aliphatic heterocycles. The van der Waals surface area contributed by atoms with E-state index >= 15 is 0 Å². The van der Waals surface area contributed by atoms with Crippen LogP contribution in [-0.4, -0.2) is 71.9 Å². The number of piperazine rings is 1. The van der Waals surface area contributed by atoms with Crippen molar-refractivity contribution in [2.45, 2.75) is 25.8 Å². The Kier molecular flexibility index (Phi) is 5.35. The summed E-state index contributed by atoms with van der Waals surface area (Å²) in [6, 6.07) is 8.90. The van der Waals surface area contributed by atoms with Crippen molar-refractivity contribution in [1.29, 1.82) is 0 Å². The molecule has 3 amide bonds. The molecule has 2 saturated heterocycles. The largest absolute Gasteiger partial charge is 0.338 e. The summed E-state index contributed by atoms with van der Waals surface area (Å²) in [6.45, 7) is 7.18. The first-order chi connectivity index (χ1) is 11.7. The van der Waals surface area contributed by atoms with Gasteiger partial charge in [-0.25, -0.2) is 4.79 Å². The summed E-state index contributed by atoms with van der Waals surface area (Å²) in [5.41, 5.74) is 0.761. The van der Waals surface area contributed by atoms with Gasteiger partial charge in [0.15, 0.2) is 0 Å². The number of nitrogens with one attached hydrogen (secondary N) is 1. The monoisotopic (exact) mass is 330 g/mol. The Hall–Kier alpha value is -2.08. The molecule has 3 rings (SSSR count). The zero-order valence-corrected chi connectivity index (χ0v) is 14.3. The van der Waals surface area contributed by atoms with Crippen molar-refractivity contribution in [3.05, 3.63) is 30.3 Å². The summed E-state index contributed by atoms with van der Waals surface area (Å²) in [5, 5.41) is 2.90. The van der Waals surface area contributed by atoms with Crippen LogP contribution in [0.5, 0.6) is 0 Å². The van der Waals surface area contributed by atoms with E-state index in [-0.39, 0.29) is 18.0 Å². The molecule has 130 valence electrons. The van der Waals surface area contributed by atoms with Crippen molar-refractivity contribution in [1.82, 2.24) is 14.7 Å². The topological polar surface area (TPSA) is 55.9 Å². The number of likely N-dealkylation sites (N-methyl/N-ethyl adjacent to an activating group) is 1. The lowest BCUT2D eigenvalue weighted by molar-refractivity contribution is -0.136. The van der Waals surface area contributed by atoms with Gasteiger partial charge in [-0.05, 0) is 31.5 Å².